The number of rotatable bonds is 4. The SMILES string of the molecule is CC(N)c1ccc(F)cc1OCc1nncn1C. The molecule has 0 saturated carbocycles. The summed E-state index contributed by atoms with van der Waals surface area (Å²) in [5.74, 6) is 0.746. The molecular weight excluding hydrogens is 235 g/mol. The van der Waals surface area contributed by atoms with Crippen LogP contribution in [0.15, 0.2) is 24.5 Å². The van der Waals surface area contributed by atoms with Gasteiger partial charge in [-0.3, -0.25) is 0 Å². The Morgan fingerprint density at radius 3 is 2.89 bits per heavy atom. The van der Waals surface area contributed by atoms with Crippen molar-refractivity contribution in [2.45, 2.75) is 19.6 Å². The van der Waals surface area contributed by atoms with Crippen LogP contribution in [0.25, 0.3) is 0 Å². The van der Waals surface area contributed by atoms with Gasteiger partial charge >= 0.3 is 0 Å². The lowest BCUT2D eigenvalue weighted by Gasteiger charge is -2.13. The Balaban J connectivity index is 2.18. The molecule has 5 nitrogen and oxygen atoms in total. The summed E-state index contributed by atoms with van der Waals surface area (Å²) in [6.07, 6.45) is 1.58. The number of halogens is 1. The zero-order valence-electron chi connectivity index (χ0n) is 10.3. The van der Waals surface area contributed by atoms with E-state index in [1.165, 1.54) is 12.1 Å². The van der Waals surface area contributed by atoms with E-state index < -0.39 is 0 Å². The van der Waals surface area contributed by atoms with Crippen LogP contribution in [0.4, 0.5) is 4.39 Å². The minimum Gasteiger partial charge on any atom is -0.485 e. The summed E-state index contributed by atoms with van der Waals surface area (Å²) >= 11 is 0. The lowest BCUT2D eigenvalue weighted by atomic mass is 10.1. The molecule has 0 amide bonds. The number of ether oxygens (including phenoxy) is 1. The molecule has 0 aliphatic rings. The molecule has 0 aliphatic carbocycles. The minimum absolute atomic E-state index is 0.222. The maximum Gasteiger partial charge on any atom is 0.170 e. The maximum absolute atomic E-state index is 13.2. The molecule has 0 aliphatic heterocycles. The summed E-state index contributed by atoms with van der Waals surface area (Å²) in [5, 5.41) is 7.63. The molecule has 1 aromatic carbocycles. The molecule has 0 bridgehead atoms. The first-order valence-corrected chi connectivity index (χ1v) is 5.58. The summed E-state index contributed by atoms with van der Waals surface area (Å²) < 4.78 is 20.5. The highest BCUT2D eigenvalue weighted by molar-refractivity contribution is 5.36. The van der Waals surface area contributed by atoms with Crippen LogP contribution >= 0.6 is 0 Å². The second kappa shape index (κ2) is 5.14. The van der Waals surface area contributed by atoms with E-state index in [9.17, 15) is 4.39 Å². The van der Waals surface area contributed by atoms with Crippen molar-refractivity contribution in [1.29, 1.82) is 0 Å². The number of aromatic nitrogens is 3. The molecule has 0 saturated heterocycles. The third-order valence-electron chi connectivity index (χ3n) is 2.63. The molecule has 96 valence electrons. The van der Waals surface area contributed by atoms with Gasteiger partial charge in [0.05, 0.1) is 0 Å². The zero-order chi connectivity index (χ0) is 13.1. The van der Waals surface area contributed by atoms with E-state index in [2.05, 4.69) is 10.2 Å². The van der Waals surface area contributed by atoms with Crippen molar-refractivity contribution in [3.8, 4) is 5.75 Å². The molecule has 0 spiro atoms. The molecule has 2 rings (SSSR count). The Labute approximate surface area is 104 Å². The average molecular weight is 250 g/mol. The third kappa shape index (κ3) is 2.65. The van der Waals surface area contributed by atoms with Crippen LogP contribution in [-0.2, 0) is 13.7 Å². The van der Waals surface area contributed by atoms with E-state index in [-0.39, 0.29) is 18.5 Å². The van der Waals surface area contributed by atoms with Crippen LogP contribution < -0.4 is 10.5 Å². The highest BCUT2D eigenvalue weighted by Crippen LogP contribution is 2.25. The highest BCUT2D eigenvalue weighted by atomic mass is 19.1. The van der Waals surface area contributed by atoms with Gasteiger partial charge in [0.2, 0.25) is 0 Å². The van der Waals surface area contributed by atoms with Crippen molar-refractivity contribution < 1.29 is 9.13 Å². The second-order valence-electron chi connectivity index (χ2n) is 4.12. The normalized spacial score (nSPS) is 12.4. The van der Waals surface area contributed by atoms with Crippen LogP contribution in [0.2, 0.25) is 0 Å². The first kappa shape index (κ1) is 12.5. The fourth-order valence-electron chi connectivity index (χ4n) is 1.59. The Morgan fingerprint density at radius 2 is 2.28 bits per heavy atom. The van der Waals surface area contributed by atoms with Crippen LogP contribution in [0.1, 0.15) is 24.4 Å². The first-order chi connectivity index (χ1) is 8.58. The van der Waals surface area contributed by atoms with Crippen LogP contribution in [-0.4, -0.2) is 14.8 Å². The van der Waals surface area contributed by atoms with Gasteiger partial charge in [-0.25, -0.2) is 4.39 Å². The lowest BCUT2D eigenvalue weighted by molar-refractivity contribution is 0.285. The summed E-state index contributed by atoms with van der Waals surface area (Å²) in [7, 11) is 1.82. The number of nitrogens with zero attached hydrogens (tertiary/aromatic N) is 3. The third-order valence-corrected chi connectivity index (χ3v) is 2.63. The standard InChI is InChI=1S/C12H15FN4O/c1-8(14)10-4-3-9(13)5-11(10)18-6-12-16-15-7-17(12)2/h3-5,7-8H,6,14H2,1-2H3. The van der Waals surface area contributed by atoms with Crippen molar-refractivity contribution in [3.05, 3.63) is 41.7 Å². The molecule has 6 heteroatoms. The topological polar surface area (TPSA) is 66.0 Å². The summed E-state index contributed by atoms with van der Waals surface area (Å²) in [4.78, 5) is 0. The van der Waals surface area contributed by atoms with Gasteiger partial charge in [0, 0.05) is 24.7 Å². The molecule has 0 fully saturated rings. The monoisotopic (exact) mass is 250 g/mol. The number of aryl methyl sites for hydroxylation is 1. The Bertz CT molecular complexity index is 539. The Hall–Kier alpha value is -1.95. The number of benzene rings is 1. The lowest BCUT2D eigenvalue weighted by Crippen LogP contribution is -2.10. The van der Waals surface area contributed by atoms with Crippen LogP contribution in [0, 0.1) is 5.82 Å². The van der Waals surface area contributed by atoms with Crippen molar-refractivity contribution in [2.75, 3.05) is 0 Å². The number of hydrogen-bond donors (Lipinski definition) is 1. The van der Waals surface area contributed by atoms with E-state index in [1.807, 2.05) is 14.0 Å². The number of hydrogen-bond acceptors (Lipinski definition) is 4. The van der Waals surface area contributed by atoms with E-state index in [4.69, 9.17) is 10.5 Å². The van der Waals surface area contributed by atoms with E-state index in [0.29, 0.717) is 11.6 Å². The average Bonchev–Trinajstić information content (AvgIpc) is 2.72. The molecule has 1 atom stereocenters. The predicted octanol–water partition coefficient (Wildman–Crippen LogP) is 1.55. The Kier molecular flexibility index (Phi) is 3.57. The van der Waals surface area contributed by atoms with Crippen LogP contribution in [0.5, 0.6) is 5.75 Å². The first-order valence-electron chi connectivity index (χ1n) is 5.58. The van der Waals surface area contributed by atoms with Crippen molar-refractivity contribution in [2.24, 2.45) is 12.8 Å². The van der Waals surface area contributed by atoms with Crippen molar-refractivity contribution >= 4 is 0 Å². The molecule has 2 aromatic rings. The van der Waals surface area contributed by atoms with E-state index in [0.717, 1.165) is 5.56 Å². The highest BCUT2D eigenvalue weighted by Gasteiger charge is 2.10. The maximum atomic E-state index is 13.2. The molecule has 0 radical (unpaired) electrons. The molecular formula is C12H15FN4O. The van der Waals surface area contributed by atoms with Gasteiger partial charge in [-0.2, -0.15) is 0 Å². The molecule has 1 aromatic heterocycles. The predicted molar refractivity (Wildman–Crippen MR) is 64.3 cm³/mol. The van der Waals surface area contributed by atoms with Crippen LogP contribution in [0.3, 0.4) is 0 Å². The zero-order valence-corrected chi connectivity index (χ0v) is 10.3. The van der Waals surface area contributed by atoms with Crippen molar-refractivity contribution in [3.63, 3.8) is 0 Å². The van der Waals surface area contributed by atoms with Gasteiger partial charge in [-0.1, -0.05) is 6.07 Å². The number of nitrogens with two attached hydrogens (primary N) is 1. The molecule has 1 heterocycles. The summed E-state index contributed by atoms with van der Waals surface area (Å²) in [6, 6.07) is 4.11. The van der Waals surface area contributed by atoms with E-state index >= 15 is 0 Å². The van der Waals surface area contributed by atoms with Gasteiger partial charge in [-0.15, -0.1) is 10.2 Å². The quantitative estimate of drug-likeness (QED) is 0.894. The fourth-order valence-corrected chi connectivity index (χ4v) is 1.59. The fraction of sp³-hybridized carbons (Fsp3) is 0.333. The summed E-state index contributed by atoms with van der Waals surface area (Å²) in [6.45, 7) is 2.04. The smallest absolute Gasteiger partial charge is 0.170 e. The minimum atomic E-state index is -0.354. The second-order valence-corrected chi connectivity index (χ2v) is 4.12. The van der Waals surface area contributed by atoms with Gasteiger partial charge in [-0.05, 0) is 13.0 Å². The molecule has 2 N–H and O–H groups in total. The Morgan fingerprint density at radius 1 is 1.50 bits per heavy atom. The van der Waals surface area contributed by atoms with Gasteiger partial charge in [0.15, 0.2) is 5.82 Å². The largest absolute Gasteiger partial charge is 0.485 e. The van der Waals surface area contributed by atoms with E-state index in [1.54, 1.807) is 17.0 Å². The van der Waals surface area contributed by atoms with Gasteiger partial charge in [0.25, 0.3) is 0 Å². The van der Waals surface area contributed by atoms with Crippen molar-refractivity contribution in [1.82, 2.24) is 14.8 Å². The van der Waals surface area contributed by atoms with Gasteiger partial charge < -0.3 is 15.0 Å². The molecule has 1 unspecified atom stereocenters. The van der Waals surface area contributed by atoms with Gasteiger partial charge in [0.1, 0.15) is 24.5 Å². The molecule has 18 heavy (non-hydrogen) atoms. The summed E-state index contributed by atoms with van der Waals surface area (Å²) in [5.41, 5.74) is 6.57.